The molecule has 2 aromatic rings. The van der Waals surface area contributed by atoms with Gasteiger partial charge >= 0.3 is 0 Å². The zero-order valence-corrected chi connectivity index (χ0v) is 13.0. The lowest BCUT2D eigenvalue weighted by Gasteiger charge is -2.09. The van der Waals surface area contributed by atoms with Gasteiger partial charge in [0, 0.05) is 38.1 Å². The number of hydrogen-bond acceptors (Lipinski definition) is 5. The Morgan fingerprint density at radius 3 is 2.81 bits per heavy atom. The van der Waals surface area contributed by atoms with Crippen molar-refractivity contribution >= 4 is 27.2 Å². The minimum absolute atomic E-state index is 0.0116. The molecule has 0 aromatic carbocycles. The van der Waals surface area contributed by atoms with Crippen LogP contribution in [0.3, 0.4) is 0 Å². The number of nitrogens with one attached hydrogen (secondary N) is 1. The molecule has 0 fully saturated rings. The van der Waals surface area contributed by atoms with Crippen LogP contribution in [0.25, 0.3) is 0 Å². The zero-order chi connectivity index (χ0) is 15.5. The molecule has 9 heteroatoms. The first-order valence-electron chi connectivity index (χ1n) is 6.13. The first kappa shape index (κ1) is 15.5. The van der Waals surface area contributed by atoms with Gasteiger partial charge in [0.2, 0.25) is 10.0 Å². The Hall–Kier alpha value is -1.84. The molecule has 2 heterocycles. The quantitative estimate of drug-likeness (QED) is 0.723. The Kier molecular flexibility index (Phi) is 4.66. The second kappa shape index (κ2) is 6.29. The highest BCUT2D eigenvalue weighted by Crippen LogP contribution is 2.12. The van der Waals surface area contributed by atoms with Crippen LogP contribution in [0.4, 0.5) is 0 Å². The summed E-state index contributed by atoms with van der Waals surface area (Å²) in [5.74, 6) is 0. The van der Waals surface area contributed by atoms with E-state index in [1.165, 1.54) is 18.3 Å². The van der Waals surface area contributed by atoms with Crippen molar-refractivity contribution in [3.05, 3.63) is 42.0 Å². The minimum Gasteiger partial charge on any atom is -0.388 e. The first-order valence-corrected chi connectivity index (χ1v) is 8.02. The molecular weight excluding hydrogens is 310 g/mol. The molecule has 0 aliphatic carbocycles. The van der Waals surface area contributed by atoms with Crippen molar-refractivity contribution in [3.63, 3.8) is 0 Å². The fourth-order valence-electron chi connectivity index (χ4n) is 1.83. The summed E-state index contributed by atoms with van der Waals surface area (Å²) in [5, 5.41) is 4.02. The lowest BCUT2D eigenvalue weighted by atomic mass is 10.3. The van der Waals surface area contributed by atoms with Gasteiger partial charge in [0.25, 0.3) is 0 Å². The Bertz CT molecular complexity index is 755. The Morgan fingerprint density at radius 2 is 2.19 bits per heavy atom. The van der Waals surface area contributed by atoms with Gasteiger partial charge in [-0.15, -0.1) is 0 Å². The highest BCUT2D eigenvalue weighted by molar-refractivity contribution is 7.89. The summed E-state index contributed by atoms with van der Waals surface area (Å²) in [6.45, 7) is 0.244. The molecule has 3 N–H and O–H groups in total. The van der Waals surface area contributed by atoms with E-state index in [9.17, 15) is 8.42 Å². The van der Waals surface area contributed by atoms with Crippen LogP contribution >= 0.6 is 12.2 Å². The largest absolute Gasteiger partial charge is 0.388 e. The van der Waals surface area contributed by atoms with Gasteiger partial charge in [0.05, 0.1) is 0 Å². The molecule has 0 saturated heterocycles. The molecule has 0 saturated carbocycles. The number of rotatable bonds is 6. The standard InChI is InChI=1S/C12H15N5O2S2/c1-17-9(4-7-15-17)5-8-16-21(18,19)10-3-2-6-14-11(10)12(13)20/h2-4,6-7,16H,5,8H2,1H3,(H2,13,20). The molecule has 21 heavy (non-hydrogen) atoms. The van der Waals surface area contributed by atoms with E-state index in [1.54, 1.807) is 17.9 Å². The number of thiocarbonyl (C=S) groups is 1. The number of aromatic nitrogens is 3. The fourth-order valence-corrected chi connectivity index (χ4v) is 3.26. The first-order chi connectivity index (χ1) is 9.92. The molecule has 2 aromatic heterocycles. The normalized spacial score (nSPS) is 11.5. The average Bonchev–Trinajstić information content (AvgIpc) is 2.84. The third-order valence-corrected chi connectivity index (χ3v) is 4.58. The van der Waals surface area contributed by atoms with Gasteiger partial charge in [0.1, 0.15) is 15.6 Å². The van der Waals surface area contributed by atoms with Crippen molar-refractivity contribution in [2.45, 2.75) is 11.3 Å². The van der Waals surface area contributed by atoms with Gasteiger partial charge in [-0.3, -0.25) is 9.67 Å². The van der Waals surface area contributed by atoms with E-state index in [1.807, 2.05) is 6.07 Å². The number of sulfonamides is 1. The smallest absolute Gasteiger partial charge is 0.242 e. The summed E-state index contributed by atoms with van der Waals surface area (Å²) in [6.07, 6.45) is 3.64. The SMILES string of the molecule is Cn1nccc1CCNS(=O)(=O)c1cccnc1C(N)=S. The third-order valence-electron chi connectivity index (χ3n) is 2.89. The second-order valence-corrected chi connectivity index (χ2v) is 6.48. The van der Waals surface area contributed by atoms with Gasteiger partial charge < -0.3 is 5.73 Å². The second-order valence-electron chi connectivity index (χ2n) is 4.31. The molecule has 0 spiro atoms. The lowest BCUT2D eigenvalue weighted by molar-refractivity contribution is 0.579. The number of nitrogens with two attached hydrogens (primary N) is 1. The van der Waals surface area contributed by atoms with Crippen LogP contribution in [0.1, 0.15) is 11.4 Å². The Morgan fingerprint density at radius 1 is 1.43 bits per heavy atom. The van der Waals surface area contributed by atoms with Crippen molar-refractivity contribution in [1.29, 1.82) is 0 Å². The maximum absolute atomic E-state index is 12.3. The molecule has 0 aliphatic heterocycles. The summed E-state index contributed by atoms with van der Waals surface area (Å²) in [4.78, 5) is 3.85. The topological polar surface area (TPSA) is 103 Å². The van der Waals surface area contributed by atoms with Crippen molar-refractivity contribution in [2.75, 3.05) is 6.54 Å². The number of aryl methyl sites for hydroxylation is 1. The molecule has 2 rings (SSSR count). The van der Waals surface area contributed by atoms with E-state index in [4.69, 9.17) is 18.0 Å². The molecule has 0 amide bonds. The monoisotopic (exact) mass is 325 g/mol. The average molecular weight is 325 g/mol. The van der Waals surface area contributed by atoms with Crippen LogP contribution < -0.4 is 10.5 Å². The summed E-state index contributed by atoms with van der Waals surface area (Å²) in [5.41, 5.74) is 6.53. The van der Waals surface area contributed by atoms with Crippen LogP contribution in [0, 0.1) is 0 Å². The number of pyridine rings is 1. The predicted octanol–water partition coefficient (Wildman–Crippen LogP) is -0.0297. The summed E-state index contributed by atoms with van der Waals surface area (Å²) >= 11 is 4.82. The highest BCUT2D eigenvalue weighted by atomic mass is 32.2. The maximum atomic E-state index is 12.3. The Labute approximate surface area is 128 Å². The van der Waals surface area contributed by atoms with Gasteiger partial charge in [-0.05, 0) is 18.2 Å². The van der Waals surface area contributed by atoms with Crippen molar-refractivity contribution in [3.8, 4) is 0 Å². The van der Waals surface area contributed by atoms with Crippen molar-refractivity contribution in [1.82, 2.24) is 19.5 Å². The summed E-state index contributed by atoms with van der Waals surface area (Å²) in [6, 6.07) is 4.78. The van der Waals surface area contributed by atoms with Crippen molar-refractivity contribution < 1.29 is 8.42 Å². The zero-order valence-electron chi connectivity index (χ0n) is 11.4. The molecule has 0 radical (unpaired) electrons. The maximum Gasteiger partial charge on any atom is 0.242 e. The van der Waals surface area contributed by atoms with Gasteiger partial charge in [0.15, 0.2) is 0 Å². The van der Waals surface area contributed by atoms with E-state index < -0.39 is 10.0 Å². The molecule has 0 atom stereocenters. The molecule has 0 bridgehead atoms. The van der Waals surface area contributed by atoms with E-state index in [0.29, 0.717) is 6.42 Å². The van der Waals surface area contributed by atoms with E-state index >= 15 is 0 Å². The summed E-state index contributed by atoms with van der Waals surface area (Å²) < 4.78 is 28.8. The van der Waals surface area contributed by atoms with Crippen molar-refractivity contribution in [2.24, 2.45) is 12.8 Å². The molecular formula is C12H15N5O2S2. The number of nitrogens with zero attached hydrogens (tertiary/aromatic N) is 3. The predicted molar refractivity (Wildman–Crippen MR) is 82.2 cm³/mol. The fraction of sp³-hybridized carbons (Fsp3) is 0.250. The van der Waals surface area contributed by atoms with Crippen LogP contribution in [0.2, 0.25) is 0 Å². The highest BCUT2D eigenvalue weighted by Gasteiger charge is 2.20. The van der Waals surface area contributed by atoms with Crippen LogP contribution in [0.5, 0.6) is 0 Å². The van der Waals surface area contributed by atoms with E-state index in [2.05, 4.69) is 14.8 Å². The lowest BCUT2D eigenvalue weighted by Crippen LogP contribution is -2.29. The third kappa shape index (κ3) is 3.63. The van der Waals surface area contributed by atoms with Gasteiger partial charge in [-0.1, -0.05) is 12.2 Å². The van der Waals surface area contributed by atoms with E-state index in [0.717, 1.165) is 5.69 Å². The van der Waals surface area contributed by atoms with E-state index in [-0.39, 0.29) is 22.1 Å². The van der Waals surface area contributed by atoms with Gasteiger partial charge in [-0.25, -0.2) is 13.1 Å². The minimum atomic E-state index is -3.71. The number of hydrogen-bond donors (Lipinski definition) is 2. The molecule has 0 aliphatic rings. The summed E-state index contributed by atoms with van der Waals surface area (Å²) in [7, 11) is -1.91. The molecule has 7 nitrogen and oxygen atoms in total. The van der Waals surface area contributed by atoms with Crippen LogP contribution in [0.15, 0.2) is 35.5 Å². The van der Waals surface area contributed by atoms with Crippen LogP contribution in [-0.2, 0) is 23.5 Å². The molecule has 112 valence electrons. The molecule has 0 unspecified atom stereocenters. The van der Waals surface area contributed by atoms with Gasteiger partial charge in [-0.2, -0.15) is 5.10 Å². The Balaban J connectivity index is 2.12. The van der Waals surface area contributed by atoms with Crippen LogP contribution in [-0.4, -0.2) is 34.7 Å².